The minimum absolute atomic E-state index is 0.243. The van der Waals surface area contributed by atoms with Gasteiger partial charge in [-0.1, -0.05) is 60.7 Å². The number of esters is 1. The number of benzene rings is 2. The van der Waals surface area contributed by atoms with Crippen LogP contribution in [-0.4, -0.2) is 58.3 Å². The molecule has 0 aliphatic carbocycles. The Morgan fingerprint density at radius 3 is 2.25 bits per heavy atom. The van der Waals surface area contributed by atoms with Gasteiger partial charge in [0.2, 0.25) is 5.60 Å². The Morgan fingerprint density at radius 2 is 1.66 bits per heavy atom. The smallest absolute Gasteiger partial charge is 0.348 e. The van der Waals surface area contributed by atoms with Gasteiger partial charge in [0, 0.05) is 25.2 Å². The van der Waals surface area contributed by atoms with Crippen molar-refractivity contribution in [2.24, 2.45) is 0 Å². The maximum absolute atomic E-state index is 13.4. The lowest BCUT2D eigenvalue weighted by Crippen LogP contribution is -2.55. The van der Waals surface area contributed by atoms with E-state index < -0.39 is 11.6 Å². The van der Waals surface area contributed by atoms with Gasteiger partial charge < -0.3 is 14.3 Å². The SMILES string of the molecule is C[N+]1(CCc2cncnc2)CCC[C@@H](OC(=O)C(O)(c2ccccc2)c2ccccc2)C1. The largest absolute Gasteiger partial charge is 0.454 e. The molecule has 0 saturated carbocycles. The van der Waals surface area contributed by atoms with E-state index in [-0.39, 0.29) is 6.10 Å². The first kappa shape index (κ1) is 22.1. The van der Waals surface area contributed by atoms with Gasteiger partial charge in [-0.3, -0.25) is 0 Å². The molecular weight excluding hydrogens is 402 g/mol. The summed E-state index contributed by atoms with van der Waals surface area (Å²) in [6, 6.07) is 18.0. The third kappa shape index (κ3) is 4.87. The second kappa shape index (κ2) is 9.59. The van der Waals surface area contributed by atoms with Crippen molar-refractivity contribution in [1.82, 2.24) is 9.97 Å². The summed E-state index contributed by atoms with van der Waals surface area (Å²) in [6.45, 7) is 2.67. The summed E-state index contributed by atoms with van der Waals surface area (Å²) in [7, 11) is 2.20. The molecule has 0 bridgehead atoms. The summed E-state index contributed by atoms with van der Waals surface area (Å²) in [4.78, 5) is 21.6. The van der Waals surface area contributed by atoms with E-state index in [9.17, 15) is 9.90 Å². The molecule has 1 saturated heterocycles. The zero-order valence-corrected chi connectivity index (χ0v) is 18.4. The van der Waals surface area contributed by atoms with E-state index >= 15 is 0 Å². The summed E-state index contributed by atoms with van der Waals surface area (Å²) in [5.74, 6) is -0.621. The molecule has 166 valence electrons. The Hall–Kier alpha value is -3.09. The van der Waals surface area contributed by atoms with Crippen molar-refractivity contribution in [3.8, 4) is 0 Å². The summed E-state index contributed by atoms with van der Waals surface area (Å²) in [5, 5.41) is 11.6. The van der Waals surface area contributed by atoms with Crippen LogP contribution in [0.4, 0.5) is 0 Å². The van der Waals surface area contributed by atoms with Crippen molar-refractivity contribution >= 4 is 5.97 Å². The Morgan fingerprint density at radius 1 is 1.06 bits per heavy atom. The predicted molar refractivity (Wildman–Crippen MR) is 122 cm³/mol. The van der Waals surface area contributed by atoms with Gasteiger partial charge in [-0.2, -0.15) is 0 Å². The van der Waals surface area contributed by atoms with Crippen molar-refractivity contribution in [3.63, 3.8) is 0 Å². The summed E-state index contributed by atoms with van der Waals surface area (Å²) in [5.41, 5.74) is 0.278. The summed E-state index contributed by atoms with van der Waals surface area (Å²) >= 11 is 0. The molecule has 1 N–H and O–H groups in total. The quantitative estimate of drug-likeness (QED) is 0.459. The highest BCUT2D eigenvalue weighted by Crippen LogP contribution is 2.32. The zero-order valence-electron chi connectivity index (χ0n) is 18.4. The van der Waals surface area contributed by atoms with Gasteiger partial charge in [-0.15, -0.1) is 0 Å². The number of carbonyl (C=O) groups is 1. The summed E-state index contributed by atoms with van der Waals surface area (Å²) < 4.78 is 6.79. The van der Waals surface area contributed by atoms with Crippen LogP contribution in [0.3, 0.4) is 0 Å². The van der Waals surface area contributed by atoms with E-state index in [1.54, 1.807) is 24.3 Å². The van der Waals surface area contributed by atoms with Crippen LogP contribution in [-0.2, 0) is 21.6 Å². The molecule has 6 heteroatoms. The molecule has 3 aromatic rings. The molecule has 1 aliphatic heterocycles. The normalized spacial score (nSPS) is 21.1. The molecular formula is C26H30N3O3+. The fraction of sp³-hybridized carbons (Fsp3) is 0.346. The van der Waals surface area contributed by atoms with Gasteiger partial charge in [-0.25, -0.2) is 14.8 Å². The number of aromatic nitrogens is 2. The van der Waals surface area contributed by atoms with E-state index in [1.807, 2.05) is 48.8 Å². The van der Waals surface area contributed by atoms with Gasteiger partial charge >= 0.3 is 5.97 Å². The average molecular weight is 433 g/mol. The molecule has 2 aromatic carbocycles. The van der Waals surface area contributed by atoms with Gasteiger partial charge in [0.25, 0.3) is 0 Å². The van der Waals surface area contributed by atoms with E-state index in [0.717, 1.165) is 48.9 Å². The first-order chi connectivity index (χ1) is 15.5. The molecule has 2 atom stereocenters. The molecule has 1 fully saturated rings. The first-order valence-corrected chi connectivity index (χ1v) is 11.1. The van der Waals surface area contributed by atoms with E-state index in [0.29, 0.717) is 11.1 Å². The van der Waals surface area contributed by atoms with E-state index in [1.165, 1.54) is 6.33 Å². The predicted octanol–water partition coefficient (Wildman–Crippen LogP) is 3.11. The van der Waals surface area contributed by atoms with Crippen molar-refractivity contribution < 1.29 is 19.1 Å². The van der Waals surface area contributed by atoms with Gasteiger partial charge in [-0.05, 0) is 23.1 Å². The molecule has 1 aliphatic rings. The minimum Gasteiger partial charge on any atom is -0.454 e. The molecule has 0 spiro atoms. The monoisotopic (exact) mass is 432 g/mol. The maximum Gasteiger partial charge on any atom is 0.348 e. The molecule has 1 unspecified atom stereocenters. The number of quaternary nitrogens is 1. The standard InChI is InChI=1S/C26H30N3O3/c1-29(16-14-21-17-27-20-28-18-21)15-8-13-24(19-29)32-25(30)26(31,22-9-4-2-5-10-22)23-11-6-3-7-12-23/h2-7,9-12,17-18,20,24,31H,8,13-16,19H2,1H3/q+1/t24-,29?/m1/s1. The van der Waals surface area contributed by atoms with Crippen LogP contribution in [0, 0.1) is 0 Å². The fourth-order valence-electron chi connectivity index (χ4n) is 4.53. The molecule has 0 amide bonds. The second-order valence-corrected chi connectivity index (χ2v) is 8.86. The van der Waals surface area contributed by atoms with Crippen LogP contribution in [0.5, 0.6) is 0 Å². The minimum atomic E-state index is -1.84. The number of rotatable bonds is 7. The van der Waals surface area contributed by atoms with Crippen molar-refractivity contribution in [3.05, 3.63) is 96.1 Å². The van der Waals surface area contributed by atoms with Gasteiger partial charge in [0.15, 0.2) is 6.10 Å². The highest BCUT2D eigenvalue weighted by atomic mass is 16.6. The van der Waals surface area contributed by atoms with Crippen molar-refractivity contribution in [2.75, 3.05) is 26.7 Å². The lowest BCUT2D eigenvalue weighted by molar-refractivity contribution is -0.916. The first-order valence-electron chi connectivity index (χ1n) is 11.1. The number of aliphatic hydroxyl groups is 1. The number of likely N-dealkylation sites (N-methyl/N-ethyl adjacent to an activating group) is 1. The Balaban J connectivity index is 1.49. The van der Waals surface area contributed by atoms with Gasteiger partial charge in [0.1, 0.15) is 12.9 Å². The molecule has 6 nitrogen and oxygen atoms in total. The summed E-state index contributed by atoms with van der Waals surface area (Å²) in [6.07, 6.45) is 7.63. The fourth-order valence-corrected chi connectivity index (χ4v) is 4.53. The number of hydrogen-bond acceptors (Lipinski definition) is 5. The van der Waals surface area contributed by atoms with Crippen LogP contribution in [0.2, 0.25) is 0 Å². The second-order valence-electron chi connectivity index (χ2n) is 8.86. The number of ether oxygens (including phenoxy) is 1. The number of carbonyl (C=O) groups excluding carboxylic acids is 1. The van der Waals surface area contributed by atoms with Crippen molar-refractivity contribution in [2.45, 2.75) is 31.0 Å². The third-order valence-corrected chi connectivity index (χ3v) is 6.38. The topological polar surface area (TPSA) is 72.3 Å². The van der Waals surface area contributed by atoms with Crippen LogP contribution >= 0.6 is 0 Å². The number of hydrogen-bond donors (Lipinski definition) is 1. The van der Waals surface area contributed by atoms with Crippen LogP contribution in [0.25, 0.3) is 0 Å². The van der Waals surface area contributed by atoms with Crippen molar-refractivity contribution in [1.29, 1.82) is 0 Å². The highest BCUT2D eigenvalue weighted by Gasteiger charge is 2.44. The highest BCUT2D eigenvalue weighted by molar-refractivity contribution is 5.85. The molecule has 0 radical (unpaired) electrons. The Kier molecular flexibility index (Phi) is 6.63. The van der Waals surface area contributed by atoms with Gasteiger partial charge in [0.05, 0.1) is 20.1 Å². The number of nitrogens with zero attached hydrogens (tertiary/aromatic N) is 3. The number of likely N-dealkylation sites (tertiary alicyclic amines) is 1. The lowest BCUT2D eigenvalue weighted by Gasteiger charge is -2.41. The zero-order chi connectivity index (χ0) is 22.4. The van der Waals surface area contributed by atoms with Crippen LogP contribution in [0.1, 0.15) is 29.5 Å². The molecule has 1 aromatic heterocycles. The van der Waals surface area contributed by atoms with Crippen LogP contribution in [0.15, 0.2) is 79.4 Å². The molecule has 4 rings (SSSR count). The molecule has 32 heavy (non-hydrogen) atoms. The Bertz CT molecular complexity index is 975. The van der Waals surface area contributed by atoms with E-state index in [4.69, 9.17) is 4.74 Å². The maximum atomic E-state index is 13.4. The number of piperidine rings is 1. The van der Waals surface area contributed by atoms with Crippen LogP contribution < -0.4 is 0 Å². The average Bonchev–Trinajstić information content (AvgIpc) is 2.84. The van der Waals surface area contributed by atoms with E-state index in [2.05, 4.69) is 17.0 Å². The lowest BCUT2D eigenvalue weighted by atomic mass is 9.86. The Labute approximate surface area is 189 Å². The third-order valence-electron chi connectivity index (χ3n) is 6.38. The molecule has 2 heterocycles.